The molecule has 9 heteroatoms. The Morgan fingerprint density at radius 2 is 2.08 bits per heavy atom. The van der Waals surface area contributed by atoms with Crippen molar-refractivity contribution in [3.05, 3.63) is 18.2 Å². The fraction of sp³-hybridized carbons (Fsp3) is 0.625. The average Bonchev–Trinajstić information content (AvgIpc) is 3.31. The predicted octanol–water partition coefficient (Wildman–Crippen LogP) is 1.47. The van der Waals surface area contributed by atoms with Gasteiger partial charge in [-0.2, -0.15) is 8.75 Å². The molecule has 7 nitrogen and oxygen atoms in total. The van der Waals surface area contributed by atoms with Gasteiger partial charge in [0.05, 0.1) is 18.3 Å². The molecular weight excluding hydrogens is 360 g/mol. The van der Waals surface area contributed by atoms with Crippen LogP contribution in [0.1, 0.15) is 19.3 Å². The van der Waals surface area contributed by atoms with Crippen LogP contribution in [0.4, 0.5) is 0 Å². The van der Waals surface area contributed by atoms with Crippen molar-refractivity contribution in [1.29, 1.82) is 0 Å². The molecule has 4 rings (SSSR count). The van der Waals surface area contributed by atoms with Crippen LogP contribution < -0.4 is 4.72 Å². The average molecular weight is 383 g/mol. The second-order valence-electron chi connectivity index (χ2n) is 6.74. The van der Waals surface area contributed by atoms with Gasteiger partial charge in [-0.3, -0.25) is 4.90 Å². The number of ether oxygens (including phenoxy) is 1. The number of hydrogen-bond acceptors (Lipinski definition) is 7. The first kappa shape index (κ1) is 17.3. The van der Waals surface area contributed by atoms with Crippen molar-refractivity contribution in [2.45, 2.75) is 30.2 Å². The lowest BCUT2D eigenvalue weighted by molar-refractivity contribution is 0.111. The summed E-state index contributed by atoms with van der Waals surface area (Å²) in [6.07, 6.45) is 3.14. The highest BCUT2D eigenvalue weighted by molar-refractivity contribution is 7.89. The highest BCUT2D eigenvalue weighted by atomic mass is 32.2. The number of likely N-dealkylation sites (tertiary alicyclic amines) is 1. The molecule has 2 saturated heterocycles. The van der Waals surface area contributed by atoms with Crippen molar-refractivity contribution in [2.75, 3.05) is 32.8 Å². The molecule has 1 aromatic heterocycles. The Bertz CT molecular complexity index is 825. The highest BCUT2D eigenvalue weighted by Gasteiger charge is 2.28. The van der Waals surface area contributed by atoms with Gasteiger partial charge >= 0.3 is 0 Å². The van der Waals surface area contributed by atoms with Gasteiger partial charge in [-0.25, -0.2) is 13.1 Å². The Morgan fingerprint density at radius 3 is 2.84 bits per heavy atom. The molecule has 0 aliphatic carbocycles. The second-order valence-corrected chi connectivity index (χ2v) is 9.00. The van der Waals surface area contributed by atoms with E-state index in [1.54, 1.807) is 18.2 Å². The Balaban J connectivity index is 1.36. The summed E-state index contributed by atoms with van der Waals surface area (Å²) in [6, 6.07) is 5.63. The third-order valence-corrected chi connectivity index (χ3v) is 7.17. The first-order chi connectivity index (χ1) is 12.1. The molecule has 136 valence electrons. The predicted molar refractivity (Wildman–Crippen MR) is 96.1 cm³/mol. The zero-order chi connectivity index (χ0) is 17.3. The van der Waals surface area contributed by atoms with E-state index in [9.17, 15) is 8.42 Å². The molecule has 0 saturated carbocycles. The van der Waals surface area contributed by atoms with E-state index in [2.05, 4.69) is 18.4 Å². The van der Waals surface area contributed by atoms with Crippen molar-refractivity contribution in [3.8, 4) is 0 Å². The van der Waals surface area contributed by atoms with E-state index in [0.29, 0.717) is 29.5 Å². The van der Waals surface area contributed by atoms with Crippen LogP contribution in [0.3, 0.4) is 0 Å². The van der Waals surface area contributed by atoms with E-state index < -0.39 is 10.0 Å². The largest absolute Gasteiger partial charge is 0.380 e. The first-order valence-corrected chi connectivity index (χ1v) is 10.9. The SMILES string of the molecule is O=S(=O)(NCC1CCN([C@@H]2CCOC2)CC1)c1cccc2nsnc12. The summed E-state index contributed by atoms with van der Waals surface area (Å²) in [4.78, 5) is 2.71. The van der Waals surface area contributed by atoms with Crippen LogP contribution in [-0.2, 0) is 14.8 Å². The van der Waals surface area contributed by atoms with Crippen LogP contribution in [0.25, 0.3) is 11.0 Å². The summed E-state index contributed by atoms with van der Waals surface area (Å²) in [6.45, 7) is 4.22. The third kappa shape index (κ3) is 3.70. The number of rotatable bonds is 5. The lowest BCUT2D eigenvalue weighted by atomic mass is 9.96. The minimum Gasteiger partial charge on any atom is -0.380 e. The summed E-state index contributed by atoms with van der Waals surface area (Å²) < 4.78 is 41.8. The molecule has 1 aromatic carbocycles. The quantitative estimate of drug-likeness (QED) is 0.843. The molecular formula is C16H22N4O3S2. The van der Waals surface area contributed by atoms with Gasteiger partial charge in [0, 0.05) is 19.2 Å². The number of sulfonamides is 1. The Hall–Kier alpha value is -1.13. The van der Waals surface area contributed by atoms with Gasteiger partial charge in [0.1, 0.15) is 15.9 Å². The number of fused-ring (bicyclic) bond motifs is 1. The fourth-order valence-corrected chi connectivity index (χ4v) is 5.52. The van der Waals surface area contributed by atoms with Gasteiger partial charge < -0.3 is 4.74 Å². The molecule has 1 N–H and O–H groups in total. The summed E-state index contributed by atoms with van der Waals surface area (Å²) in [7, 11) is -3.56. The molecule has 2 aliphatic heterocycles. The van der Waals surface area contributed by atoms with Gasteiger partial charge in [0.25, 0.3) is 0 Å². The van der Waals surface area contributed by atoms with Gasteiger partial charge in [-0.1, -0.05) is 6.07 Å². The van der Waals surface area contributed by atoms with Crippen LogP contribution in [0, 0.1) is 5.92 Å². The zero-order valence-electron chi connectivity index (χ0n) is 13.9. The minimum atomic E-state index is -3.56. The van der Waals surface area contributed by atoms with Crippen molar-refractivity contribution < 1.29 is 13.2 Å². The summed E-state index contributed by atoms with van der Waals surface area (Å²) >= 11 is 1.03. The second kappa shape index (κ2) is 7.24. The molecule has 2 aromatic rings. The van der Waals surface area contributed by atoms with Crippen molar-refractivity contribution in [2.24, 2.45) is 5.92 Å². The third-order valence-electron chi connectivity index (χ3n) is 5.17. The maximum absolute atomic E-state index is 12.7. The maximum Gasteiger partial charge on any atom is 0.242 e. The molecule has 0 spiro atoms. The van der Waals surface area contributed by atoms with Crippen molar-refractivity contribution in [3.63, 3.8) is 0 Å². The molecule has 3 heterocycles. The monoisotopic (exact) mass is 382 g/mol. The number of nitrogens with zero attached hydrogens (tertiary/aromatic N) is 3. The van der Waals surface area contributed by atoms with E-state index in [4.69, 9.17) is 4.74 Å². The molecule has 0 radical (unpaired) electrons. The summed E-state index contributed by atoms with van der Waals surface area (Å²) in [5.74, 6) is 0.376. The number of nitrogens with one attached hydrogen (secondary N) is 1. The van der Waals surface area contributed by atoms with E-state index in [0.717, 1.165) is 57.3 Å². The fourth-order valence-electron chi connectivity index (χ4n) is 3.64. The van der Waals surface area contributed by atoms with E-state index >= 15 is 0 Å². The van der Waals surface area contributed by atoms with Crippen LogP contribution in [0.5, 0.6) is 0 Å². The van der Waals surface area contributed by atoms with Gasteiger partial charge in [0.2, 0.25) is 10.0 Å². The Morgan fingerprint density at radius 1 is 1.24 bits per heavy atom. The summed E-state index contributed by atoms with van der Waals surface area (Å²) in [5.41, 5.74) is 1.08. The Kier molecular flexibility index (Phi) is 5.01. The van der Waals surface area contributed by atoms with E-state index in [1.807, 2.05) is 0 Å². The standard InChI is InChI=1S/C16H22N4O3S2/c21-25(22,15-3-1-2-14-16(15)19-24-18-14)17-10-12-4-7-20(8-5-12)13-6-9-23-11-13/h1-3,12-13,17H,4-11H2/t13-/m1/s1. The van der Waals surface area contributed by atoms with E-state index in [1.165, 1.54) is 0 Å². The smallest absolute Gasteiger partial charge is 0.242 e. The minimum absolute atomic E-state index is 0.222. The lowest BCUT2D eigenvalue weighted by Gasteiger charge is -2.35. The normalized spacial score (nSPS) is 23.4. The Labute approximate surface area is 151 Å². The number of hydrogen-bond donors (Lipinski definition) is 1. The van der Waals surface area contributed by atoms with Gasteiger partial charge in [0.15, 0.2) is 0 Å². The molecule has 25 heavy (non-hydrogen) atoms. The number of aromatic nitrogens is 2. The topological polar surface area (TPSA) is 84.4 Å². The van der Waals surface area contributed by atoms with Crippen molar-refractivity contribution in [1.82, 2.24) is 18.4 Å². The number of benzene rings is 1. The molecule has 2 fully saturated rings. The zero-order valence-corrected chi connectivity index (χ0v) is 15.6. The first-order valence-electron chi connectivity index (χ1n) is 8.66. The van der Waals surface area contributed by atoms with Crippen molar-refractivity contribution >= 4 is 32.8 Å². The molecule has 0 bridgehead atoms. The molecule has 0 amide bonds. The number of piperidine rings is 1. The molecule has 2 aliphatic rings. The summed E-state index contributed by atoms with van der Waals surface area (Å²) in [5, 5.41) is 0. The molecule has 1 atom stereocenters. The van der Waals surface area contributed by atoms with Crippen LogP contribution in [0.15, 0.2) is 23.1 Å². The highest BCUT2D eigenvalue weighted by Crippen LogP contribution is 2.24. The van der Waals surface area contributed by atoms with E-state index in [-0.39, 0.29) is 4.90 Å². The molecule has 0 unspecified atom stereocenters. The van der Waals surface area contributed by atoms with Crippen LogP contribution in [0.2, 0.25) is 0 Å². The maximum atomic E-state index is 12.7. The van der Waals surface area contributed by atoms with Crippen LogP contribution >= 0.6 is 11.7 Å². The lowest BCUT2D eigenvalue weighted by Crippen LogP contribution is -2.43. The van der Waals surface area contributed by atoms with Crippen LogP contribution in [-0.4, -0.2) is 61.0 Å². The van der Waals surface area contributed by atoms with Gasteiger partial charge in [-0.15, -0.1) is 0 Å². The van der Waals surface area contributed by atoms with Gasteiger partial charge in [-0.05, 0) is 50.4 Å².